The first-order chi connectivity index (χ1) is 8.25. The third-order valence-electron chi connectivity index (χ3n) is 3.46. The summed E-state index contributed by atoms with van der Waals surface area (Å²) in [5.74, 6) is 1.01. The Morgan fingerprint density at radius 1 is 1.53 bits per heavy atom. The smallest absolute Gasteiger partial charge is 0.117 e. The number of hydrogen-bond acceptors (Lipinski definition) is 4. The van der Waals surface area contributed by atoms with E-state index in [1.807, 2.05) is 12.1 Å². The Morgan fingerprint density at radius 2 is 2.41 bits per heavy atom. The van der Waals surface area contributed by atoms with Crippen molar-refractivity contribution >= 4 is 0 Å². The van der Waals surface area contributed by atoms with Gasteiger partial charge in [-0.05, 0) is 39.2 Å². The molecule has 1 aromatic rings. The van der Waals surface area contributed by atoms with Gasteiger partial charge in [-0.3, -0.25) is 0 Å². The second-order valence-corrected chi connectivity index (χ2v) is 4.96. The van der Waals surface area contributed by atoms with E-state index in [4.69, 9.17) is 4.42 Å². The van der Waals surface area contributed by atoms with Crippen molar-refractivity contribution in [3.05, 3.63) is 24.2 Å². The van der Waals surface area contributed by atoms with Crippen LogP contribution in [-0.4, -0.2) is 56.1 Å². The molecule has 1 atom stereocenters. The van der Waals surface area contributed by atoms with E-state index >= 15 is 0 Å². The summed E-state index contributed by atoms with van der Waals surface area (Å²) in [6.45, 7) is 5.42. The van der Waals surface area contributed by atoms with Crippen LogP contribution in [-0.2, 0) is 6.54 Å². The summed E-state index contributed by atoms with van der Waals surface area (Å²) >= 11 is 0. The van der Waals surface area contributed by atoms with Crippen molar-refractivity contribution in [1.82, 2.24) is 15.1 Å². The van der Waals surface area contributed by atoms with Gasteiger partial charge in [0.1, 0.15) is 5.76 Å². The van der Waals surface area contributed by atoms with Crippen molar-refractivity contribution < 1.29 is 4.42 Å². The molecule has 2 rings (SSSR count). The summed E-state index contributed by atoms with van der Waals surface area (Å²) in [5, 5.41) is 3.41. The van der Waals surface area contributed by atoms with Gasteiger partial charge in [-0.25, -0.2) is 0 Å². The Labute approximate surface area is 104 Å². The van der Waals surface area contributed by atoms with Crippen molar-refractivity contribution in [2.24, 2.45) is 0 Å². The van der Waals surface area contributed by atoms with Gasteiger partial charge in [0.2, 0.25) is 0 Å². The Kier molecular flexibility index (Phi) is 4.59. The second kappa shape index (κ2) is 6.19. The molecule has 1 fully saturated rings. The van der Waals surface area contributed by atoms with Gasteiger partial charge in [-0.1, -0.05) is 0 Å². The fourth-order valence-electron chi connectivity index (χ4n) is 2.30. The molecule has 4 nitrogen and oxygen atoms in total. The van der Waals surface area contributed by atoms with Crippen LogP contribution in [0.25, 0.3) is 0 Å². The third-order valence-corrected chi connectivity index (χ3v) is 3.46. The summed E-state index contributed by atoms with van der Waals surface area (Å²) < 4.78 is 5.27. The van der Waals surface area contributed by atoms with Crippen LogP contribution in [0.5, 0.6) is 0 Å². The highest BCUT2D eigenvalue weighted by Gasteiger charge is 2.22. The average Bonchev–Trinajstić information content (AvgIpc) is 2.96. The maximum atomic E-state index is 5.27. The zero-order chi connectivity index (χ0) is 12.1. The van der Waals surface area contributed by atoms with E-state index in [9.17, 15) is 0 Å². The molecule has 0 aliphatic carbocycles. The molecule has 2 heterocycles. The quantitative estimate of drug-likeness (QED) is 0.748. The van der Waals surface area contributed by atoms with E-state index in [-0.39, 0.29) is 0 Å². The fourth-order valence-corrected chi connectivity index (χ4v) is 2.30. The van der Waals surface area contributed by atoms with E-state index in [2.05, 4.69) is 29.2 Å². The number of nitrogens with zero attached hydrogens (tertiary/aromatic N) is 2. The molecule has 1 aliphatic rings. The molecule has 1 N–H and O–H groups in total. The maximum Gasteiger partial charge on any atom is 0.117 e. The summed E-state index contributed by atoms with van der Waals surface area (Å²) in [5.41, 5.74) is 0. The molecule has 0 aromatic carbocycles. The summed E-state index contributed by atoms with van der Waals surface area (Å²) in [4.78, 5) is 4.86. The summed E-state index contributed by atoms with van der Waals surface area (Å²) in [7, 11) is 4.34. The van der Waals surface area contributed by atoms with Gasteiger partial charge in [0.05, 0.1) is 12.8 Å². The van der Waals surface area contributed by atoms with E-state index in [0.29, 0.717) is 0 Å². The Hall–Kier alpha value is -0.840. The predicted molar refractivity (Wildman–Crippen MR) is 68.9 cm³/mol. The number of rotatable bonds is 6. The standard InChI is InChI=1S/C13H23N3O/c1-15(2)12-5-7-16(11-12)8-6-14-10-13-4-3-9-17-13/h3-4,9,12,14H,5-8,10-11H2,1-2H3. The van der Waals surface area contributed by atoms with Crippen molar-refractivity contribution in [1.29, 1.82) is 0 Å². The zero-order valence-corrected chi connectivity index (χ0v) is 10.9. The minimum absolute atomic E-state index is 0.736. The van der Waals surface area contributed by atoms with Gasteiger partial charge in [-0.15, -0.1) is 0 Å². The van der Waals surface area contributed by atoms with Crippen molar-refractivity contribution in [2.45, 2.75) is 19.0 Å². The van der Waals surface area contributed by atoms with Gasteiger partial charge < -0.3 is 19.5 Å². The molecule has 1 saturated heterocycles. The number of likely N-dealkylation sites (N-methyl/N-ethyl adjacent to an activating group) is 1. The largest absolute Gasteiger partial charge is 0.468 e. The summed E-state index contributed by atoms with van der Waals surface area (Å²) in [6.07, 6.45) is 3.02. The van der Waals surface area contributed by atoms with Gasteiger partial charge in [-0.2, -0.15) is 0 Å². The van der Waals surface area contributed by atoms with Crippen LogP contribution in [0.1, 0.15) is 12.2 Å². The van der Waals surface area contributed by atoms with E-state index in [1.165, 1.54) is 19.5 Å². The maximum absolute atomic E-state index is 5.27. The molecule has 0 bridgehead atoms. The van der Waals surface area contributed by atoms with Crippen LogP contribution in [0.4, 0.5) is 0 Å². The van der Waals surface area contributed by atoms with Crippen LogP contribution in [0.2, 0.25) is 0 Å². The highest BCUT2D eigenvalue weighted by Crippen LogP contribution is 2.12. The van der Waals surface area contributed by atoms with Crippen LogP contribution < -0.4 is 5.32 Å². The second-order valence-electron chi connectivity index (χ2n) is 4.96. The molecule has 0 spiro atoms. The summed E-state index contributed by atoms with van der Waals surface area (Å²) in [6, 6.07) is 4.67. The molecule has 1 aliphatic heterocycles. The van der Waals surface area contributed by atoms with E-state index in [1.54, 1.807) is 6.26 Å². The van der Waals surface area contributed by atoms with Crippen molar-refractivity contribution in [3.63, 3.8) is 0 Å². The molecule has 1 unspecified atom stereocenters. The number of hydrogen-bond donors (Lipinski definition) is 1. The molecular formula is C13H23N3O. The van der Waals surface area contributed by atoms with E-state index < -0.39 is 0 Å². The molecule has 96 valence electrons. The minimum Gasteiger partial charge on any atom is -0.468 e. The molecule has 0 radical (unpaired) electrons. The lowest BCUT2D eigenvalue weighted by molar-refractivity contribution is 0.268. The third kappa shape index (κ3) is 3.84. The zero-order valence-electron chi connectivity index (χ0n) is 10.9. The molecule has 0 saturated carbocycles. The van der Waals surface area contributed by atoms with Crippen molar-refractivity contribution in [3.8, 4) is 0 Å². The average molecular weight is 237 g/mol. The normalized spacial score (nSPS) is 21.5. The highest BCUT2D eigenvalue weighted by atomic mass is 16.3. The first-order valence-electron chi connectivity index (χ1n) is 6.37. The minimum atomic E-state index is 0.736. The Bertz CT molecular complexity index is 310. The van der Waals surface area contributed by atoms with Crippen LogP contribution in [0.3, 0.4) is 0 Å². The molecular weight excluding hydrogens is 214 g/mol. The molecule has 1 aromatic heterocycles. The SMILES string of the molecule is CN(C)C1CCN(CCNCc2ccco2)C1. The lowest BCUT2D eigenvalue weighted by atomic mass is 10.2. The van der Waals surface area contributed by atoms with Crippen LogP contribution >= 0.6 is 0 Å². The number of nitrogens with one attached hydrogen (secondary N) is 1. The van der Waals surface area contributed by atoms with Crippen LogP contribution in [0, 0.1) is 0 Å². The van der Waals surface area contributed by atoms with Crippen LogP contribution in [0.15, 0.2) is 22.8 Å². The van der Waals surface area contributed by atoms with Gasteiger partial charge >= 0.3 is 0 Å². The first kappa shape index (κ1) is 12.6. The molecule has 17 heavy (non-hydrogen) atoms. The first-order valence-corrected chi connectivity index (χ1v) is 6.37. The lowest BCUT2D eigenvalue weighted by Gasteiger charge is -2.20. The van der Waals surface area contributed by atoms with Crippen molar-refractivity contribution in [2.75, 3.05) is 40.3 Å². The fraction of sp³-hybridized carbons (Fsp3) is 0.692. The molecule has 4 heteroatoms. The lowest BCUT2D eigenvalue weighted by Crippen LogP contribution is -2.34. The van der Waals surface area contributed by atoms with Gasteiger partial charge in [0.15, 0.2) is 0 Å². The molecule has 0 amide bonds. The number of furan rings is 1. The van der Waals surface area contributed by atoms with E-state index in [0.717, 1.165) is 31.4 Å². The topological polar surface area (TPSA) is 31.6 Å². The number of likely N-dealkylation sites (tertiary alicyclic amines) is 1. The monoisotopic (exact) mass is 237 g/mol. The predicted octanol–water partition coefficient (Wildman–Crippen LogP) is 1.01. The Balaban J connectivity index is 1.57. The van der Waals surface area contributed by atoms with Gasteiger partial charge in [0.25, 0.3) is 0 Å². The van der Waals surface area contributed by atoms with Gasteiger partial charge in [0, 0.05) is 25.7 Å². The highest BCUT2D eigenvalue weighted by molar-refractivity contribution is 4.97. The Morgan fingerprint density at radius 3 is 3.06 bits per heavy atom.